The minimum Gasteiger partial charge on any atom is -0.480 e. The number of hydrogen-bond acceptors (Lipinski definition) is 11. The average Bonchev–Trinajstić information content (AvgIpc) is 4.03. The number of carbonyl (C=O) groups excluding carboxylic acids is 5. The Morgan fingerprint density at radius 3 is 1.65 bits per heavy atom. The Morgan fingerprint density at radius 2 is 1.17 bits per heavy atom. The van der Waals surface area contributed by atoms with Crippen LogP contribution in [0.15, 0.2) is 60.7 Å². The Morgan fingerprint density at radius 1 is 0.682 bits per heavy atom. The number of amides is 3. The summed E-state index contributed by atoms with van der Waals surface area (Å²) < 4.78 is 21.4. The summed E-state index contributed by atoms with van der Waals surface area (Å²) in [6, 6.07) is 16.2. The van der Waals surface area contributed by atoms with Crippen molar-refractivity contribution in [3.8, 4) is 0 Å². The fourth-order valence-corrected chi connectivity index (χ4v) is 9.12. The number of ether oxygens (including phenoxy) is 4. The second kappa shape index (κ2) is 23.5. The van der Waals surface area contributed by atoms with Gasteiger partial charge in [0.25, 0.3) is 0 Å². The van der Waals surface area contributed by atoms with Crippen molar-refractivity contribution in [2.24, 2.45) is 35.0 Å². The standard InChI is InChI=1S/C25H36N2O5.C14H19NO4.C12H21NO2/c1-16(2)20(26-24(30)31-15-17-10-7-6-8-11-17)22(28)27-14-18-12-9-13-19(18)21(27)23(29)32-25(3,4)5;1-14(2,3)11(12(16)17)15-13(18)19-9-10-7-5-4-6-8-10;1-12(2,3)15-11(14)10-9-6-4-5-8(9)7-13-10/h6-8,10-11,16,18-21H,9,12-15H2,1-5H3,(H,26,30);4-8,11H,9H2,1-3H3,(H,15,18)(H,16,17);8-10,13H,4-7H2,1-3H3/t18-,19-,20-,21-;11-;8-,9-,10-/m010/s1. The van der Waals surface area contributed by atoms with Crippen LogP contribution in [0.3, 0.4) is 0 Å². The molecule has 2 aliphatic heterocycles. The lowest BCUT2D eigenvalue weighted by Crippen LogP contribution is -2.55. The van der Waals surface area contributed by atoms with Crippen LogP contribution in [0.1, 0.15) is 126 Å². The maximum absolute atomic E-state index is 13.6. The summed E-state index contributed by atoms with van der Waals surface area (Å²) in [6.07, 6.45) is 5.34. The van der Waals surface area contributed by atoms with E-state index in [1.807, 2.05) is 116 Å². The molecule has 2 aromatic rings. The van der Waals surface area contributed by atoms with E-state index in [-0.39, 0.29) is 54.5 Å². The number of carboxylic acid groups (broad SMARTS) is 1. The number of nitrogens with zero attached hydrogens (tertiary/aromatic N) is 1. The molecule has 8 atom stereocenters. The lowest BCUT2D eigenvalue weighted by molar-refractivity contribution is -0.165. The SMILES string of the molecule is CC(C)(C)OC(=O)[C@H]1NC[C@@H]2CCC[C@@H]21.CC(C)(C)[C@H](NC(=O)OCc1ccccc1)C(=O)O.CC(C)[C@H](NC(=O)OCc1ccccc1)C(=O)N1C[C@@H]2CCC[C@@H]2[C@H]1C(=O)OC(C)(C)C. The number of nitrogens with one attached hydrogen (secondary N) is 3. The lowest BCUT2D eigenvalue weighted by atomic mass is 9.87. The minimum atomic E-state index is -1.08. The van der Waals surface area contributed by atoms with Gasteiger partial charge in [0.2, 0.25) is 5.91 Å². The Balaban J connectivity index is 0.000000237. The molecule has 6 rings (SSSR count). The summed E-state index contributed by atoms with van der Waals surface area (Å²) in [4.78, 5) is 75.3. The fraction of sp³-hybridized carbons (Fsp3) is 0.647. The molecule has 2 heterocycles. The van der Waals surface area contributed by atoms with Crippen molar-refractivity contribution in [2.45, 2.75) is 163 Å². The zero-order valence-corrected chi connectivity index (χ0v) is 41.0. The molecule has 0 aromatic heterocycles. The second-order valence-corrected chi connectivity index (χ2v) is 21.4. The van der Waals surface area contributed by atoms with Crippen molar-refractivity contribution in [1.29, 1.82) is 0 Å². The number of carbonyl (C=O) groups is 6. The molecule has 0 radical (unpaired) electrons. The number of alkyl carbamates (subject to hydrolysis) is 2. The van der Waals surface area contributed by atoms with Crippen LogP contribution in [0.2, 0.25) is 0 Å². The highest BCUT2D eigenvalue weighted by Crippen LogP contribution is 2.43. The Kier molecular flexibility index (Phi) is 19.0. The van der Waals surface area contributed by atoms with Gasteiger partial charge in [0.05, 0.1) is 0 Å². The predicted octanol–water partition coefficient (Wildman–Crippen LogP) is 8.03. The van der Waals surface area contributed by atoms with Crippen molar-refractivity contribution in [3.05, 3.63) is 71.8 Å². The average molecular weight is 921 g/mol. The summed E-state index contributed by atoms with van der Waals surface area (Å²) in [5.74, 6) is -0.243. The zero-order chi connectivity index (χ0) is 49.0. The van der Waals surface area contributed by atoms with Gasteiger partial charge in [-0.2, -0.15) is 0 Å². The number of esters is 2. The first kappa shape index (κ1) is 53.4. The van der Waals surface area contributed by atoms with E-state index in [0.29, 0.717) is 24.3 Å². The molecule has 0 bridgehead atoms. The van der Waals surface area contributed by atoms with Gasteiger partial charge in [0, 0.05) is 6.54 Å². The summed E-state index contributed by atoms with van der Waals surface area (Å²) >= 11 is 0. The summed E-state index contributed by atoms with van der Waals surface area (Å²) in [5, 5.41) is 17.5. The van der Waals surface area contributed by atoms with E-state index in [0.717, 1.165) is 36.9 Å². The van der Waals surface area contributed by atoms with Gasteiger partial charge in [0.1, 0.15) is 48.6 Å². The summed E-state index contributed by atoms with van der Waals surface area (Å²) in [6.45, 7) is 22.0. The number of fused-ring (bicyclic) bond motifs is 2. The first-order chi connectivity index (χ1) is 30.8. The van der Waals surface area contributed by atoms with Crippen LogP contribution in [-0.4, -0.2) is 94.5 Å². The quantitative estimate of drug-likeness (QED) is 0.125. The molecule has 15 heteroatoms. The van der Waals surface area contributed by atoms with Gasteiger partial charge in [0.15, 0.2) is 0 Å². The van der Waals surface area contributed by atoms with Gasteiger partial charge >= 0.3 is 30.1 Å². The minimum absolute atomic E-state index is 0.0447. The Bertz CT molecular complexity index is 1920. The first-order valence-corrected chi connectivity index (χ1v) is 23.5. The molecule has 0 spiro atoms. The highest BCUT2D eigenvalue weighted by Gasteiger charge is 2.52. The largest absolute Gasteiger partial charge is 0.480 e. The summed E-state index contributed by atoms with van der Waals surface area (Å²) in [7, 11) is 0. The third kappa shape index (κ3) is 16.3. The summed E-state index contributed by atoms with van der Waals surface area (Å²) in [5.41, 5.74) is 0.139. The second-order valence-electron chi connectivity index (χ2n) is 21.4. The predicted molar refractivity (Wildman–Crippen MR) is 250 cm³/mol. The molecule has 3 amide bonds. The molecular formula is C51H76N4O11. The zero-order valence-electron chi connectivity index (χ0n) is 41.0. The molecule has 2 saturated heterocycles. The van der Waals surface area contributed by atoms with Crippen molar-refractivity contribution < 1.29 is 52.8 Å². The molecule has 366 valence electrons. The molecule has 4 fully saturated rings. The van der Waals surface area contributed by atoms with E-state index < -0.39 is 47.3 Å². The van der Waals surface area contributed by atoms with Gasteiger partial charge in [-0.05, 0) is 120 Å². The van der Waals surface area contributed by atoms with Gasteiger partial charge < -0.3 is 44.9 Å². The van der Waals surface area contributed by atoms with E-state index in [1.54, 1.807) is 25.7 Å². The maximum atomic E-state index is 13.6. The van der Waals surface area contributed by atoms with Crippen LogP contribution < -0.4 is 16.0 Å². The number of aliphatic carboxylic acids is 1. The highest BCUT2D eigenvalue weighted by molar-refractivity contribution is 5.91. The molecule has 2 aromatic carbocycles. The van der Waals surface area contributed by atoms with Gasteiger partial charge in [-0.15, -0.1) is 0 Å². The lowest BCUT2D eigenvalue weighted by Gasteiger charge is -2.33. The number of carboxylic acids is 1. The third-order valence-electron chi connectivity index (χ3n) is 12.2. The monoisotopic (exact) mass is 921 g/mol. The van der Waals surface area contributed by atoms with Crippen LogP contribution >= 0.6 is 0 Å². The molecule has 4 aliphatic rings. The maximum Gasteiger partial charge on any atom is 0.408 e. The topological polar surface area (TPSA) is 199 Å². The van der Waals surface area contributed by atoms with Crippen molar-refractivity contribution in [2.75, 3.05) is 13.1 Å². The van der Waals surface area contributed by atoms with Crippen LogP contribution in [0, 0.1) is 35.0 Å². The van der Waals surface area contributed by atoms with E-state index in [2.05, 4.69) is 16.0 Å². The Hall–Kier alpha value is -5.18. The molecule has 15 nitrogen and oxygen atoms in total. The fourth-order valence-electron chi connectivity index (χ4n) is 9.12. The first-order valence-electron chi connectivity index (χ1n) is 23.5. The highest BCUT2D eigenvalue weighted by atomic mass is 16.6. The van der Waals surface area contributed by atoms with Crippen molar-refractivity contribution in [3.63, 3.8) is 0 Å². The number of rotatable bonds is 11. The van der Waals surface area contributed by atoms with Crippen molar-refractivity contribution >= 4 is 36.0 Å². The number of likely N-dealkylation sites (tertiary alicyclic amines) is 1. The van der Waals surface area contributed by atoms with E-state index >= 15 is 0 Å². The molecule has 4 N–H and O–H groups in total. The van der Waals surface area contributed by atoms with Crippen LogP contribution in [0.25, 0.3) is 0 Å². The Labute approximate surface area is 391 Å². The van der Waals surface area contributed by atoms with Crippen molar-refractivity contribution in [1.82, 2.24) is 20.9 Å². The number of hydrogen-bond donors (Lipinski definition) is 4. The molecule has 2 aliphatic carbocycles. The van der Waals surface area contributed by atoms with E-state index in [4.69, 9.17) is 24.1 Å². The molecule has 0 unspecified atom stereocenters. The molecule has 66 heavy (non-hydrogen) atoms. The molecule has 2 saturated carbocycles. The third-order valence-corrected chi connectivity index (χ3v) is 12.2. The van der Waals surface area contributed by atoms with Crippen LogP contribution in [0.4, 0.5) is 9.59 Å². The van der Waals surface area contributed by atoms with E-state index in [9.17, 15) is 28.8 Å². The number of benzene rings is 2. The molecular weight excluding hydrogens is 845 g/mol. The van der Waals surface area contributed by atoms with E-state index in [1.165, 1.54) is 19.3 Å². The normalized spacial score (nSPS) is 23.1. The van der Waals surface area contributed by atoms with Gasteiger partial charge in [-0.25, -0.2) is 19.2 Å². The van der Waals surface area contributed by atoms with Gasteiger partial charge in [-0.1, -0.05) is 108 Å². The smallest absolute Gasteiger partial charge is 0.408 e. The van der Waals surface area contributed by atoms with Crippen LogP contribution in [-0.2, 0) is 51.3 Å². The van der Waals surface area contributed by atoms with Crippen LogP contribution in [0.5, 0.6) is 0 Å². The van der Waals surface area contributed by atoms with Gasteiger partial charge in [-0.3, -0.25) is 9.59 Å².